The fourth-order valence-electron chi connectivity index (χ4n) is 3.98. The smallest absolute Gasteiger partial charge is 0.140 e. The molecule has 0 radical (unpaired) electrons. The van der Waals surface area contributed by atoms with Gasteiger partial charge in [-0.2, -0.15) is 0 Å². The normalized spacial score (nSPS) is 16.2. The number of unbranched alkanes of at least 4 members (excludes halogenated alkanes) is 2. The SMILES string of the molecule is CC.CCCCC(CCCC)CC(C(=O)CC)C1=CC(CCC)CC=C1.I.N. The van der Waals surface area contributed by atoms with Crippen LogP contribution in [0.2, 0.25) is 0 Å². The van der Waals surface area contributed by atoms with Gasteiger partial charge in [0.05, 0.1) is 0 Å². The minimum absolute atomic E-state index is 0. The lowest BCUT2D eigenvalue weighted by atomic mass is 9.78. The summed E-state index contributed by atoms with van der Waals surface area (Å²) in [5.41, 5.74) is 1.32. The van der Waals surface area contributed by atoms with E-state index in [0.717, 1.165) is 12.8 Å². The number of Topliss-reactive ketones (excluding diaryl/α,β-unsaturated/α-hetero) is 1. The molecule has 0 fully saturated rings. The van der Waals surface area contributed by atoms with Crippen molar-refractivity contribution in [2.24, 2.45) is 17.8 Å². The molecule has 0 saturated carbocycles. The summed E-state index contributed by atoms with van der Waals surface area (Å²) in [7, 11) is 0. The second-order valence-corrected chi connectivity index (χ2v) is 7.61. The minimum atomic E-state index is 0. The van der Waals surface area contributed by atoms with E-state index in [1.165, 1.54) is 56.9 Å². The van der Waals surface area contributed by atoms with Crippen molar-refractivity contribution >= 4 is 29.8 Å². The third-order valence-corrected chi connectivity index (χ3v) is 5.48. The maximum absolute atomic E-state index is 12.7. The van der Waals surface area contributed by atoms with Crippen LogP contribution in [0.15, 0.2) is 23.8 Å². The quantitative estimate of drug-likeness (QED) is 0.253. The van der Waals surface area contributed by atoms with E-state index in [-0.39, 0.29) is 36.0 Å². The number of hydrogen-bond donors (Lipinski definition) is 1. The van der Waals surface area contributed by atoms with E-state index >= 15 is 0 Å². The van der Waals surface area contributed by atoms with Crippen molar-refractivity contribution in [2.45, 2.75) is 112 Å². The zero-order chi connectivity index (χ0) is 19.8. The van der Waals surface area contributed by atoms with E-state index in [4.69, 9.17) is 0 Å². The molecule has 0 aliphatic heterocycles. The van der Waals surface area contributed by atoms with Gasteiger partial charge in [0.15, 0.2) is 0 Å². The summed E-state index contributed by atoms with van der Waals surface area (Å²) >= 11 is 0. The molecule has 0 heterocycles. The molecule has 2 unspecified atom stereocenters. The highest BCUT2D eigenvalue weighted by molar-refractivity contribution is 14.0. The average molecular weight is 508 g/mol. The molecule has 0 aromatic heterocycles. The molecule has 2 atom stereocenters. The Hall–Kier alpha value is -0.160. The van der Waals surface area contributed by atoms with E-state index in [2.05, 4.69) is 39.0 Å². The summed E-state index contributed by atoms with van der Waals surface area (Å²) < 4.78 is 0. The van der Waals surface area contributed by atoms with Gasteiger partial charge in [0, 0.05) is 12.3 Å². The Morgan fingerprint density at radius 1 is 1.04 bits per heavy atom. The van der Waals surface area contributed by atoms with Gasteiger partial charge in [-0.25, -0.2) is 0 Å². The summed E-state index contributed by atoms with van der Waals surface area (Å²) in [5.74, 6) is 1.95. The topological polar surface area (TPSA) is 52.1 Å². The highest BCUT2D eigenvalue weighted by atomic mass is 127. The van der Waals surface area contributed by atoms with Gasteiger partial charge in [0.25, 0.3) is 0 Å². The third-order valence-electron chi connectivity index (χ3n) is 5.48. The Morgan fingerprint density at radius 2 is 1.61 bits per heavy atom. The van der Waals surface area contributed by atoms with Crippen LogP contribution in [0, 0.1) is 17.8 Å². The molecule has 0 spiro atoms. The van der Waals surface area contributed by atoms with E-state index < -0.39 is 0 Å². The summed E-state index contributed by atoms with van der Waals surface area (Å²) in [6.07, 6.45) is 20.1. The van der Waals surface area contributed by atoms with Crippen LogP contribution in [0.3, 0.4) is 0 Å². The second-order valence-electron chi connectivity index (χ2n) is 7.61. The van der Waals surface area contributed by atoms with Crippen molar-refractivity contribution in [3.05, 3.63) is 23.8 Å². The predicted octanol–water partition coefficient (Wildman–Crippen LogP) is 9.08. The van der Waals surface area contributed by atoms with Crippen molar-refractivity contribution in [1.29, 1.82) is 0 Å². The van der Waals surface area contributed by atoms with Gasteiger partial charge in [0.2, 0.25) is 0 Å². The van der Waals surface area contributed by atoms with Crippen LogP contribution in [-0.2, 0) is 4.79 Å². The highest BCUT2D eigenvalue weighted by Crippen LogP contribution is 2.33. The van der Waals surface area contributed by atoms with Crippen molar-refractivity contribution in [1.82, 2.24) is 6.15 Å². The number of rotatable bonds is 13. The zero-order valence-corrected chi connectivity index (χ0v) is 22.1. The van der Waals surface area contributed by atoms with E-state index in [1.54, 1.807) is 0 Å². The Bertz CT molecular complexity index is 409. The summed E-state index contributed by atoms with van der Waals surface area (Å²) in [6.45, 7) is 12.8. The molecule has 0 saturated heterocycles. The molecule has 0 aromatic carbocycles. The molecule has 0 aromatic rings. The highest BCUT2D eigenvalue weighted by Gasteiger charge is 2.25. The Kier molecular flexibility index (Phi) is 25.0. The van der Waals surface area contributed by atoms with Gasteiger partial charge in [-0.1, -0.05) is 105 Å². The van der Waals surface area contributed by atoms with Crippen molar-refractivity contribution < 1.29 is 4.79 Å². The van der Waals surface area contributed by atoms with Crippen molar-refractivity contribution in [3.63, 3.8) is 0 Å². The first-order valence-corrected chi connectivity index (χ1v) is 11.6. The van der Waals surface area contributed by atoms with Crippen LogP contribution >= 0.6 is 24.0 Å². The molecule has 1 rings (SSSR count). The van der Waals surface area contributed by atoms with Crippen LogP contribution in [0.1, 0.15) is 112 Å². The fourth-order valence-corrected chi connectivity index (χ4v) is 3.98. The largest absolute Gasteiger partial charge is 0.344 e. The van der Waals surface area contributed by atoms with E-state index in [0.29, 0.717) is 24.0 Å². The molecular weight excluding hydrogens is 457 g/mol. The standard InChI is InChI=1S/C23H40O.C2H6.HI.H3N/c1-5-9-13-20(14-10-6-2)18-22(23(24)8-4)21-16-11-15-19(17-21)12-7-3;1-2;;/h11,16-17,19-20,22H,5-10,12-15,18H2,1-4H3;1-2H3;1H;1H3. The van der Waals surface area contributed by atoms with Crippen molar-refractivity contribution in [2.75, 3.05) is 0 Å². The van der Waals surface area contributed by atoms with Gasteiger partial charge >= 0.3 is 0 Å². The first-order valence-electron chi connectivity index (χ1n) is 11.6. The average Bonchev–Trinajstić information content (AvgIpc) is 2.69. The molecule has 28 heavy (non-hydrogen) atoms. The lowest BCUT2D eigenvalue weighted by Gasteiger charge is -2.26. The number of carbonyl (C=O) groups is 1. The molecule has 3 heteroatoms. The summed E-state index contributed by atoms with van der Waals surface area (Å²) in [4.78, 5) is 12.7. The molecule has 3 N–H and O–H groups in total. The van der Waals surface area contributed by atoms with Crippen LogP contribution in [0.4, 0.5) is 0 Å². The number of allylic oxidation sites excluding steroid dienone is 4. The molecule has 1 aliphatic rings. The van der Waals surface area contributed by atoms with Gasteiger partial charge in [-0.05, 0) is 36.7 Å². The minimum Gasteiger partial charge on any atom is -0.344 e. The van der Waals surface area contributed by atoms with Crippen LogP contribution in [0.25, 0.3) is 0 Å². The Labute approximate surface area is 194 Å². The van der Waals surface area contributed by atoms with Gasteiger partial charge in [-0.15, -0.1) is 24.0 Å². The van der Waals surface area contributed by atoms with Gasteiger partial charge in [0.1, 0.15) is 5.78 Å². The molecule has 1 aliphatic carbocycles. The fraction of sp³-hybridized carbons (Fsp3) is 0.800. The second kappa shape index (κ2) is 21.5. The predicted molar refractivity (Wildman–Crippen MR) is 138 cm³/mol. The molecular formula is C25H50INO. The lowest BCUT2D eigenvalue weighted by molar-refractivity contribution is -0.121. The van der Waals surface area contributed by atoms with Crippen LogP contribution in [-0.4, -0.2) is 5.78 Å². The Morgan fingerprint density at radius 3 is 2.07 bits per heavy atom. The molecule has 0 bridgehead atoms. The summed E-state index contributed by atoms with van der Waals surface area (Å²) in [5, 5.41) is 0. The first-order chi connectivity index (χ1) is 12.7. The number of carbonyl (C=O) groups excluding carboxylic acids is 1. The maximum atomic E-state index is 12.7. The monoisotopic (exact) mass is 507 g/mol. The number of halogens is 1. The molecule has 168 valence electrons. The zero-order valence-electron chi connectivity index (χ0n) is 19.8. The molecule has 2 nitrogen and oxygen atoms in total. The third kappa shape index (κ3) is 13.1. The summed E-state index contributed by atoms with van der Waals surface area (Å²) in [6, 6.07) is 0. The van der Waals surface area contributed by atoms with Gasteiger partial charge in [-0.3, -0.25) is 4.79 Å². The van der Waals surface area contributed by atoms with Crippen LogP contribution in [0.5, 0.6) is 0 Å². The van der Waals surface area contributed by atoms with Crippen molar-refractivity contribution in [3.8, 4) is 0 Å². The lowest BCUT2D eigenvalue weighted by Crippen LogP contribution is -2.21. The van der Waals surface area contributed by atoms with Crippen LogP contribution < -0.4 is 6.15 Å². The molecule has 0 amide bonds. The Balaban J connectivity index is -0.00000151. The van der Waals surface area contributed by atoms with E-state index in [9.17, 15) is 4.79 Å². The van der Waals surface area contributed by atoms with E-state index in [1.807, 2.05) is 20.8 Å². The van der Waals surface area contributed by atoms with Gasteiger partial charge < -0.3 is 6.15 Å². The maximum Gasteiger partial charge on any atom is 0.140 e. The number of hydrogen-bond acceptors (Lipinski definition) is 2. The number of ketones is 1. The first kappa shape index (κ1) is 32.5.